The molecular weight excluding hydrogens is 268 g/mol. The number of allylic oxidation sites excluding steroid dienone is 1. The summed E-state index contributed by atoms with van der Waals surface area (Å²) in [6.07, 6.45) is 6.95. The highest BCUT2D eigenvalue weighted by atomic mass is 16.2. The van der Waals surface area contributed by atoms with Crippen molar-refractivity contribution in [2.75, 3.05) is 19.6 Å². The third-order valence-electron chi connectivity index (χ3n) is 3.58. The normalized spacial score (nSPS) is 15.5. The van der Waals surface area contributed by atoms with Crippen molar-refractivity contribution in [2.45, 2.75) is 6.92 Å². The molecular formula is C15H20N4O2. The van der Waals surface area contributed by atoms with Crippen LogP contribution in [0.2, 0.25) is 0 Å². The maximum atomic E-state index is 11.9. The smallest absolute Gasteiger partial charge is 0.246 e. The Bertz CT molecular complexity index is 582. The lowest BCUT2D eigenvalue weighted by molar-refractivity contribution is -0.139. The number of carbonyl (C=O) groups excluding carboxylic acids is 2. The van der Waals surface area contributed by atoms with Crippen LogP contribution in [0.3, 0.4) is 0 Å². The molecule has 6 heteroatoms. The van der Waals surface area contributed by atoms with Crippen LogP contribution < -0.4 is 5.32 Å². The molecule has 2 heterocycles. The van der Waals surface area contributed by atoms with Gasteiger partial charge < -0.3 is 10.2 Å². The average molecular weight is 288 g/mol. The molecule has 0 unspecified atom stereocenters. The lowest BCUT2D eigenvalue weighted by Crippen LogP contribution is -2.55. The van der Waals surface area contributed by atoms with Crippen molar-refractivity contribution in [1.29, 1.82) is 0 Å². The summed E-state index contributed by atoms with van der Waals surface area (Å²) < 4.78 is 1.74. The molecule has 1 aromatic rings. The van der Waals surface area contributed by atoms with Crippen LogP contribution in [0.25, 0.3) is 5.57 Å². The van der Waals surface area contributed by atoms with Gasteiger partial charge in [-0.1, -0.05) is 12.7 Å². The molecule has 1 aliphatic heterocycles. The molecule has 1 aromatic heterocycles. The number of amides is 2. The number of hydrogen-bond donors (Lipinski definition) is 1. The molecule has 6 nitrogen and oxygen atoms in total. The van der Waals surface area contributed by atoms with Crippen molar-refractivity contribution in [3.8, 4) is 0 Å². The zero-order valence-corrected chi connectivity index (χ0v) is 12.4. The minimum Gasteiger partial charge on any atom is -0.352 e. The second-order valence-electron chi connectivity index (χ2n) is 5.18. The fraction of sp³-hybridized carbons (Fsp3) is 0.400. The number of hydrogen-bond acceptors (Lipinski definition) is 3. The van der Waals surface area contributed by atoms with Crippen molar-refractivity contribution >= 4 is 17.4 Å². The monoisotopic (exact) mass is 288 g/mol. The second kappa shape index (κ2) is 6.39. The summed E-state index contributed by atoms with van der Waals surface area (Å²) in [7, 11) is 1.87. The molecule has 21 heavy (non-hydrogen) atoms. The first-order valence-electron chi connectivity index (χ1n) is 6.86. The van der Waals surface area contributed by atoms with E-state index in [1.165, 1.54) is 6.08 Å². The number of rotatable bonds is 5. The molecule has 2 amide bonds. The van der Waals surface area contributed by atoms with Crippen molar-refractivity contribution in [1.82, 2.24) is 20.0 Å². The highest BCUT2D eigenvalue weighted by Gasteiger charge is 2.34. The van der Waals surface area contributed by atoms with E-state index in [4.69, 9.17) is 0 Å². The largest absolute Gasteiger partial charge is 0.352 e. The Kier molecular flexibility index (Phi) is 4.57. The first-order chi connectivity index (χ1) is 10.0. The molecule has 1 aliphatic rings. The van der Waals surface area contributed by atoms with Gasteiger partial charge in [0.05, 0.1) is 12.1 Å². The summed E-state index contributed by atoms with van der Waals surface area (Å²) in [6, 6.07) is 0. The summed E-state index contributed by atoms with van der Waals surface area (Å²) in [4.78, 5) is 24.8. The van der Waals surface area contributed by atoms with Gasteiger partial charge in [-0.25, -0.2) is 0 Å². The second-order valence-corrected chi connectivity index (χ2v) is 5.18. The van der Waals surface area contributed by atoms with E-state index in [0.29, 0.717) is 19.6 Å². The van der Waals surface area contributed by atoms with E-state index < -0.39 is 0 Å². The van der Waals surface area contributed by atoms with Crippen LogP contribution >= 0.6 is 0 Å². The van der Waals surface area contributed by atoms with Crippen LogP contribution in [0.15, 0.2) is 31.1 Å². The first kappa shape index (κ1) is 15.0. The maximum Gasteiger partial charge on any atom is 0.246 e. The molecule has 1 N–H and O–H groups in total. The third-order valence-corrected chi connectivity index (χ3v) is 3.58. The van der Waals surface area contributed by atoms with E-state index >= 15 is 0 Å². The van der Waals surface area contributed by atoms with Gasteiger partial charge in [0, 0.05) is 38.4 Å². The van der Waals surface area contributed by atoms with Gasteiger partial charge in [0.2, 0.25) is 11.8 Å². The maximum absolute atomic E-state index is 11.9. The van der Waals surface area contributed by atoms with E-state index in [-0.39, 0.29) is 17.7 Å². The van der Waals surface area contributed by atoms with E-state index in [1.54, 1.807) is 15.8 Å². The van der Waals surface area contributed by atoms with Crippen molar-refractivity contribution in [3.63, 3.8) is 0 Å². The van der Waals surface area contributed by atoms with Crippen molar-refractivity contribution in [2.24, 2.45) is 13.0 Å². The minimum atomic E-state index is -0.119. The Morgan fingerprint density at radius 3 is 2.81 bits per heavy atom. The lowest BCUT2D eigenvalue weighted by Gasteiger charge is -2.37. The zero-order chi connectivity index (χ0) is 15.4. The molecule has 1 fully saturated rings. The quantitative estimate of drug-likeness (QED) is 0.806. The molecule has 0 bridgehead atoms. The predicted molar refractivity (Wildman–Crippen MR) is 80.1 cm³/mol. The van der Waals surface area contributed by atoms with Gasteiger partial charge in [-0.3, -0.25) is 14.3 Å². The highest BCUT2D eigenvalue weighted by molar-refractivity contribution is 5.90. The van der Waals surface area contributed by atoms with Gasteiger partial charge in [-0.2, -0.15) is 5.10 Å². The van der Waals surface area contributed by atoms with Crippen molar-refractivity contribution in [3.05, 3.63) is 36.7 Å². The summed E-state index contributed by atoms with van der Waals surface area (Å²) in [6.45, 7) is 6.84. The fourth-order valence-corrected chi connectivity index (χ4v) is 2.15. The van der Waals surface area contributed by atoms with Crippen LogP contribution in [0, 0.1) is 5.92 Å². The van der Waals surface area contributed by atoms with E-state index in [9.17, 15) is 9.59 Å². The van der Waals surface area contributed by atoms with Crippen LogP contribution in [-0.2, 0) is 16.6 Å². The standard InChI is InChI=1S/C15H20N4O2/c1-4-14(20)19-9-13(10-19)15(21)16-6-5-11(2)12-7-17-18(3)8-12/h4-5,7-8,13H,1,6,9-10H2,2-3H3,(H,16,21)/b11-5+. The first-order valence-corrected chi connectivity index (χ1v) is 6.86. The minimum absolute atomic E-state index is 0.0154. The summed E-state index contributed by atoms with van der Waals surface area (Å²) >= 11 is 0. The molecule has 0 spiro atoms. The third kappa shape index (κ3) is 3.59. The van der Waals surface area contributed by atoms with Gasteiger partial charge in [0.15, 0.2) is 0 Å². The fourth-order valence-electron chi connectivity index (χ4n) is 2.15. The Morgan fingerprint density at radius 1 is 1.52 bits per heavy atom. The predicted octanol–water partition coefficient (Wildman–Crippen LogP) is 0.584. The number of carbonyl (C=O) groups is 2. The molecule has 1 saturated heterocycles. The number of aryl methyl sites for hydroxylation is 1. The van der Waals surface area contributed by atoms with Crippen molar-refractivity contribution < 1.29 is 9.59 Å². The Hall–Kier alpha value is -2.37. The lowest BCUT2D eigenvalue weighted by atomic mass is 9.99. The molecule has 0 radical (unpaired) electrons. The molecule has 112 valence electrons. The molecule has 2 rings (SSSR count). The number of nitrogens with one attached hydrogen (secondary N) is 1. The van der Waals surface area contributed by atoms with Gasteiger partial charge >= 0.3 is 0 Å². The molecule has 0 saturated carbocycles. The molecule has 0 aromatic carbocycles. The van der Waals surface area contributed by atoms with Gasteiger partial charge in [0.25, 0.3) is 0 Å². The molecule has 0 atom stereocenters. The van der Waals surface area contributed by atoms with Gasteiger partial charge in [-0.05, 0) is 18.6 Å². The number of nitrogens with zero attached hydrogens (tertiary/aromatic N) is 3. The van der Waals surface area contributed by atoms with E-state index in [2.05, 4.69) is 17.0 Å². The molecule has 0 aliphatic carbocycles. The SMILES string of the molecule is C=CC(=O)N1CC(C(=O)NC/C=C(\C)c2cnn(C)c2)C1. The van der Waals surface area contributed by atoms with E-state index in [0.717, 1.165) is 11.1 Å². The van der Waals surface area contributed by atoms with Crippen LogP contribution in [0.4, 0.5) is 0 Å². The summed E-state index contributed by atoms with van der Waals surface area (Å²) in [5, 5.41) is 6.97. The van der Waals surface area contributed by atoms with Crippen LogP contribution in [0.1, 0.15) is 12.5 Å². The van der Waals surface area contributed by atoms with Gasteiger partial charge in [-0.15, -0.1) is 0 Å². The Morgan fingerprint density at radius 2 is 2.24 bits per heavy atom. The van der Waals surface area contributed by atoms with Crippen LogP contribution in [-0.4, -0.2) is 46.1 Å². The van der Waals surface area contributed by atoms with E-state index in [1.807, 2.05) is 26.2 Å². The van der Waals surface area contributed by atoms with Gasteiger partial charge in [0.1, 0.15) is 0 Å². The summed E-state index contributed by atoms with van der Waals surface area (Å²) in [5.41, 5.74) is 2.11. The number of likely N-dealkylation sites (tertiary alicyclic amines) is 1. The Balaban J connectivity index is 1.75. The van der Waals surface area contributed by atoms with Crippen LogP contribution in [0.5, 0.6) is 0 Å². The highest BCUT2D eigenvalue weighted by Crippen LogP contribution is 2.16. The topological polar surface area (TPSA) is 67.2 Å². The average Bonchev–Trinajstić information content (AvgIpc) is 2.83. The Labute approximate surface area is 124 Å². The number of aromatic nitrogens is 2. The summed E-state index contributed by atoms with van der Waals surface area (Å²) in [5.74, 6) is -0.245. The zero-order valence-electron chi connectivity index (χ0n) is 12.4.